The average Bonchev–Trinajstić information content (AvgIpc) is 3.04. The van der Waals surface area contributed by atoms with Gasteiger partial charge in [-0.2, -0.15) is 0 Å². The van der Waals surface area contributed by atoms with Crippen molar-refractivity contribution in [3.05, 3.63) is 101 Å². The number of benzene rings is 3. The second kappa shape index (κ2) is 9.23. The summed E-state index contributed by atoms with van der Waals surface area (Å²) in [7, 11) is 1.73. The lowest BCUT2D eigenvalue weighted by Crippen LogP contribution is -2.43. The maximum absolute atomic E-state index is 13.4. The fraction of sp³-hybridized carbons (Fsp3) is 0.200. The highest BCUT2D eigenvalue weighted by molar-refractivity contribution is 6.30. The zero-order chi connectivity index (χ0) is 21.8. The lowest BCUT2D eigenvalue weighted by atomic mass is 10.0. The van der Waals surface area contributed by atoms with Crippen LogP contribution in [0.1, 0.15) is 17.3 Å². The summed E-state index contributed by atoms with van der Waals surface area (Å²) in [5, 5.41) is 0.599. The third-order valence-corrected chi connectivity index (χ3v) is 5.68. The number of ether oxygens (including phenoxy) is 1. The molecule has 0 aliphatic carbocycles. The molecule has 3 aromatic carbocycles. The highest BCUT2D eigenvalue weighted by Gasteiger charge is 2.47. The van der Waals surface area contributed by atoms with Crippen LogP contribution in [0.15, 0.2) is 84.9 Å². The molecule has 0 saturated carbocycles. The third kappa shape index (κ3) is 4.57. The van der Waals surface area contributed by atoms with Crippen molar-refractivity contribution in [2.45, 2.75) is 18.6 Å². The van der Waals surface area contributed by atoms with Gasteiger partial charge in [0.15, 0.2) is 6.61 Å². The minimum atomic E-state index is -0.611. The van der Waals surface area contributed by atoms with Gasteiger partial charge in [0.25, 0.3) is 5.91 Å². The molecule has 5 nitrogen and oxygen atoms in total. The molecule has 0 bridgehead atoms. The van der Waals surface area contributed by atoms with Gasteiger partial charge in [-0.1, -0.05) is 72.3 Å². The van der Waals surface area contributed by atoms with Crippen LogP contribution in [0.3, 0.4) is 0 Å². The van der Waals surface area contributed by atoms with Gasteiger partial charge < -0.3 is 14.5 Å². The Kier molecular flexibility index (Phi) is 6.23. The summed E-state index contributed by atoms with van der Waals surface area (Å²) in [5.41, 5.74) is 1.82. The van der Waals surface area contributed by atoms with E-state index in [9.17, 15) is 9.59 Å². The first kappa shape index (κ1) is 20.9. The first-order valence-electron chi connectivity index (χ1n) is 10.1. The topological polar surface area (TPSA) is 49.9 Å². The van der Waals surface area contributed by atoms with E-state index in [4.69, 9.17) is 16.3 Å². The molecule has 31 heavy (non-hydrogen) atoms. The summed E-state index contributed by atoms with van der Waals surface area (Å²) in [6.45, 7) is -0.152. The van der Waals surface area contributed by atoms with Crippen LogP contribution in [-0.2, 0) is 16.0 Å². The summed E-state index contributed by atoms with van der Waals surface area (Å²) in [5.74, 6) is 0.261. The Morgan fingerprint density at radius 3 is 2.19 bits per heavy atom. The minimum absolute atomic E-state index is 0.100. The molecule has 158 valence electrons. The molecule has 1 saturated heterocycles. The van der Waals surface area contributed by atoms with Crippen LogP contribution in [0.2, 0.25) is 5.02 Å². The van der Waals surface area contributed by atoms with E-state index in [1.165, 1.54) is 0 Å². The maximum Gasteiger partial charge on any atom is 0.263 e. The number of nitrogens with zero attached hydrogens (tertiary/aromatic N) is 2. The fourth-order valence-corrected chi connectivity index (χ4v) is 4.05. The fourth-order valence-electron chi connectivity index (χ4n) is 3.92. The number of halogens is 1. The zero-order valence-electron chi connectivity index (χ0n) is 17.1. The highest BCUT2D eigenvalue weighted by atomic mass is 35.5. The number of carbonyl (C=O) groups excluding carboxylic acids is 2. The van der Waals surface area contributed by atoms with E-state index in [-0.39, 0.29) is 18.4 Å². The number of hydrogen-bond acceptors (Lipinski definition) is 3. The second-order valence-corrected chi connectivity index (χ2v) is 7.92. The predicted molar refractivity (Wildman–Crippen MR) is 120 cm³/mol. The van der Waals surface area contributed by atoms with E-state index >= 15 is 0 Å². The number of carbonyl (C=O) groups is 2. The molecule has 2 unspecified atom stereocenters. The van der Waals surface area contributed by atoms with Gasteiger partial charge in [0.05, 0.1) is 0 Å². The standard InChI is InChI=1S/C25H23ClN2O3/c1-27-24(19-12-14-20(26)15-13-19)28(23(29)17-31-21-10-6-3-7-11-21)22(25(27)30)16-18-8-4-2-5-9-18/h2-15,22,24H,16-17H2,1H3. The molecule has 1 fully saturated rings. The van der Waals surface area contributed by atoms with Gasteiger partial charge in [0.1, 0.15) is 18.0 Å². The van der Waals surface area contributed by atoms with Crippen LogP contribution >= 0.6 is 11.6 Å². The lowest BCUT2D eigenvalue weighted by Gasteiger charge is -2.30. The summed E-state index contributed by atoms with van der Waals surface area (Å²) in [6.07, 6.45) is -0.0871. The van der Waals surface area contributed by atoms with Crippen LogP contribution in [0.25, 0.3) is 0 Å². The van der Waals surface area contributed by atoms with Crippen LogP contribution < -0.4 is 4.74 Å². The monoisotopic (exact) mass is 434 g/mol. The summed E-state index contributed by atoms with van der Waals surface area (Å²) in [6, 6.07) is 25.5. The molecule has 1 aliphatic heterocycles. The first-order chi connectivity index (χ1) is 15.0. The van der Waals surface area contributed by atoms with Crippen LogP contribution in [0.5, 0.6) is 5.75 Å². The average molecular weight is 435 g/mol. The van der Waals surface area contributed by atoms with Crippen molar-refractivity contribution in [2.24, 2.45) is 0 Å². The maximum atomic E-state index is 13.4. The third-order valence-electron chi connectivity index (χ3n) is 5.43. The first-order valence-corrected chi connectivity index (χ1v) is 10.5. The molecule has 6 heteroatoms. The Labute approximate surface area is 186 Å². The molecule has 2 amide bonds. The SMILES string of the molecule is CN1C(=O)C(Cc2ccccc2)N(C(=O)COc2ccccc2)C1c1ccc(Cl)cc1. The van der Waals surface area contributed by atoms with Gasteiger partial charge in [-0.25, -0.2) is 0 Å². The Balaban J connectivity index is 1.64. The van der Waals surface area contributed by atoms with Crippen LogP contribution in [-0.4, -0.2) is 41.3 Å². The number of hydrogen-bond donors (Lipinski definition) is 0. The summed E-state index contributed by atoms with van der Waals surface area (Å²) in [4.78, 5) is 29.8. The Morgan fingerprint density at radius 1 is 0.935 bits per heavy atom. The van der Waals surface area contributed by atoms with Gasteiger partial charge in [-0.05, 0) is 35.4 Å². The van der Waals surface area contributed by atoms with Crippen molar-refractivity contribution in [2.75, 3.05) is 13.7 Å². The largest absolute Gasteiger partial charge is 0.484 e. The van der Waals surface area contributed by atoms with Gasteiger partial charge in [-0.15, -0.1) is 0 Å². The molecule has 1 heterocycles. The number of para-hydroxylation sites is 1. The van der Waals surface area contributed by atoms with Crippen LogP contribution in [0.4, 0.5) is 0 Å². The Bertz CT molecular complexity index is 1040. The van der Waals surface area contributed by atoms with Crippen molar-refractivity contribution >= 4 is 23.4 Å². The molecule has 0 aromatic heterocycles. The molecule has 0 spiro atoms. The normalized spacial score (nSPS) is 18.3. The molecular formula is C25H23ClN2O3. The van der Waals surface area contributed by atoms with E-state index in [2.05, 4.69) is 0 Å². The van der Waals surface area contributed by atoms with Gasteiger partial charge in [0.2, 0.25) is 5.91 Å². The van der Waals surface area contributed by atoms with Crippen molar-refractivity contribution in [1.82, 2.24) is 9.80 Å². The quantitative estimate of drug-likeness (QED) is 0.580. The van der Waals surface area contributed by atoms with E-state index in [0.29, 0.717) is 17.2 Å². The minimum Gasteiger partial charge on any atom is -0.484 e. The zero-order valence-corrected chi connectivity index (χ0v) is 17.9. The molecule has 2 atom stereocenters. The predicted octanol–water partition coefficient (Wildman–Crippen LogP) is 4.33. The van der Waals surface area contributed by atoms with Gasteiger partial charge >= 0.3 is 0 Å². The lowest BCUT2D eigenvalue weighted by molar-refractivity contribution is -0.138. The molecular weight excluding hydrogens is 412 g/mol. The molecule has 0 N–H and O–H groups in total. The van der Waals surface area contributed by atoms with E-state index in [1.807, 2.05) is 60.7 Å². The molecule has 1 aliphatic rings. The number of amides is 2. The van der Waals surface area contributed by atoms with Gasteiger partial charge in [-0.3, -0.25) is 9.59 Å². The Hall–Kier alpha value is -3.31. The highest BCUT2D eigenvalue weighted by Crippen LogP contribution is 2.35. The Morgan fingerprint density at radius 2 is 1.55 bits per heavy atom. The summed E-state index contributed by atoms with van der Waals surface area (Å²) >= 11 is 6.05. The number of rotatable bonds is 6. The van der Waals surface area contributed by atoms with Crippen molar-refractivity contribution in [1.29, 1.82) is 0 Å². The van der Waals surface area contributed by atoms with E-state index in [1.54, 1.807) is 41.1 Å². The second-order valence-electron chi connectivity index (χ2n) is 7.48. The van der Waals surface area contributed by atoms with Crippen molar-refractivity contribution in [3.63, 3.8) is 0 Å². The molecule has 0 radical (unpaired) electrons. The molecule has 3 aromatic rings. The molecule has 4 rings (SSSR count). The van der Waals surface area contributed by atoms with Crippen LogP contribution in [0, 0.1) is 0 Å². The van der Waals surface area contributed by atoms with Crippen molar-refractivity contribution < 1.29 is 14.3 Å². The van der Waals surface area contributed by atoms with Crippen molar-refractivity contribution in [3.8, 4) is 5.75 Å². The van der Waals surface area contributed by atoms with E-state index < -0.39 is 12.2 Å². The summed E-state index contributed by atoms with van der Waals surface area (Å²) < 4.78 is 5.71. The van der Waals surface area contributed by atoms with E-state index in [0.717, 1.165) is 11.1 Å². The number of likely N-dealkylation sites (N-methyl/N-ethyl adjacent to an activating group) is 1. The smallest absolute Gasteiger partial charge is 0.263 e. The van der Waals surface area contributed by atoms with Gasteiger partial charge in [0, 0.05) is 18.5 Å².